The van der Waals surface area contributed by atoms with Crippen molar-refractivity contribution in [1.82, 2.24) is 15.0 Å². The number of aliphatic hydroxyl groups is 1. The van der Waals surface area contributed by atoms with Crippen molar-refractivity contribution >= 4 is 0 Å². The topological polar surface area (TPSA) is 71.2 Å². The van der Waals surface area contributed by atoms with Gasteiger partial charge in [-0.05, 0) is 36.1 Å². The van der Waals surface area contributed by atoms with Crippen LogP contribution in [0.3, 0.4) is 0 Å². The van der Waals surface area contributed by atoms with E-state index in [4.69, 9.17) is 0 Å². The zero-order valence-electron chi connectivity index (χ0n) is 12.7. The third kappa shape index (κ3) is 4.17. The molecule has 2 aromatic carbocycles. The Morgan fingerprint density at radius 1 is 0.957 bits per heavy atom. The highest BCUT2D eigenvalue weighted by molar-refractivity contribution is 5.27. The average Bonchev–Trinajstić information content (AvgIpc) is 3.02. The first-order chi connectivity index (χ1) is 11.2. The van der Waals surface area contributed by atoms with Gasteiger partial charge in [0.15, 0.2) is 0 Å². The summed E-state index contributed by atoms with van der Waals surface area (Å²) in [4.78, 5) is 0. The highest BCUT2D eigenvalue weighted by Crippen LogP contribution is 2.18. The first-order valence-electron chi connectivity index (χ1n) is 7.60. The van der Waals surface area contributed by atoms with Crippen LogP contribution >= 0.6 is 0 Å². The van der Waals surface area contributed by atoms with E-state index in [1.54, 1.807) is 28.9 Å². The van der Waals surface area contributed by atoms with Gasteiger partial charge in [-0.3, -0.25) is 0 Å². The minimum atomic E-state index is -0.681. The molecule has 0 unspecified atom stereocenters. The third-order valence-electron chi connectivity index (χ3n) is 3.74. The van der Waals surface area contributed by atoms with E-state index in [-0.39, 0.29) is 5.75 Å². The summed E-state index contributed by atoms with van der Waals surface area (Å²) in [7, 11) is 0. The van der Waals surface area contributed by atoms with Gasteiger partial charge in [-0.15, -0.1) is 5.10 Å². The Labute approximate surface area is 134 Å². The van der Waals surface area contributed by atoms with Crippen molar-refractivity contribution in [1.29, 1.82) is 0 Å². The number of nitrogens with zero attached hydrogens (tertiary/aromatic N) is 3. The van der Waals surface area contributed by atoms with E-state index in [1.165, 1.54) is 5.56 Å². The normalized spacial score (nSPS) is 12.2. The highest BCUT2D eigenvalue weighted by Gasteiger charge is 2.10. The van der Waals surface area contributed by atoms with Crippen LogP contribution in [0.4, 0.5) is 0 Å². The molecule has 3 rings (SSSR count). The number of aromatic hydroxyl groups is 1. The Bertz CT molecular complexity index is 738. The molecule has 0 fully saturated rings. The van der Waals surface area contributed by atoms with Crippen LogP contribution in [0, 0.1) is 0 Å². The van der Waals surface area contributed by atoms with Gasteiger partial charge in [-0.1, -0.05) is 47.7 Å². The van der Waals surface area contributed by atoms with Gasteiger partial charge in [0, 0.05) is 6.20 Å². The lowest BCUT2D eigenvalue weighted by Crippen LogP contribution is -2.09. The summed E-state index contributed by atoms with van der Waals surface area (Å²) in [6.45, 7) is 0.336. The zero-order chi connectivity index (χ0) is 16.1. The number of rotatable bonds is 6. The van der Waals surface area contributed by atoms with E-state index in [2.05, 4.69) is 22.4 Å². The van der Waals surface area contributed by atoms with E-state index in [0.717, 1.165) is 24.1 Å². The minimum Gasteiger partial charge on any atom is -0.508 e. The maximum Gasteiger partial charge on any atom is 0.115 e. The molecular formula is C18H19N3O2. The zero-order valence-corrected chi connectivity index (χ0v) is 12.7. The van der Waals surface area contributed by atoms with Gasteiger partial charge in [0.25, 0.3) is 0 Å². The largest absolute Gasteiger partial charge is 0.508 e. The molecule has 118 valence electrons. The summed E-state index contributed by atoms with van der Waals surface area (Å²) < 4.78 is 1.65. The number of phenolic OH excluding ortho intramolecular Hbond substituents is 1. The van der Waals surface area contributed by atoms with E-state index in [1.807, 2.05) is 24.4 Å². The van der Waals surface area contributed by atoms with Crippen LogP contribution < -0.4 is 0 Å². The lowest BCUT2D eigenvalue weighted by Gasteiger charge is -2.10. The Hall–Kier alpha value is -2.66. The van der Waals surface area contributed by atoms with E-state index in [0.29, 0.717) is 6.54 Å². The van der Waals surface area contributed by atoms with Gasteiger partial charge >= 0.3 is 0 Å². The number of hydrogen-bond donors (Lipinski definition) is 2. The molecule has 23 heavy (non-hydrogen) atoms. The highest BCUT2D eigenvalue weighted by atomic mass is 16.3. The summed E-state index contributed by atoms with van der Waals surface area (Å²) in [6.07, 6.45) is 2.92. The molecule has 0 aliphatic heterocycles. The molecule has 2 N–H and O–H groups in total. The number of benzene rings is 2. The summed E-state index contributed by atoms with van der Waals surface area (Å²) in [5.74, 6) is 0.185. The third-order valence-corrected chi connectivity index (χ3v) is 3.74. The van der Waals surface area contributed by atoms with Crippen LogP contribution in [0.2, 0.25) is 0 Å². The molecule has 0 spiro atoms. The van der Waals surface area contributed by atoms with Crippen molar-refractivity contribution in [2.75, 3.05) is 0 Å². The average molecular weight is 309 g/mol. The molecule has 1 atom stereocenters. The SMILES string of the molecule is Oc1ccc([C@@H](O)Cn2cc(CCc3ccccc3)nn2)cc1. The molecule has 0 aliphatic carbocycles. The molecule has 5 heteroatoms. The molecule has 0 bridgehead atoms. The van der Waals surface area contributed by atoms with Crippen LogP contribution in [0.5, 0.6) is 5.75 Å². The number of aromatic nitrogens is 3. The molecule has 0 saturated heterocycles. The minimum absolute atomic E-state index is 0.185. The van der Waals surface area contributed by atoms with Crippen LogP contribution in [0.1, 0.15) is 22.9 Å². The van der Waals surface area contributed by atoms with Gasteiger partial charge in [-0.25, -0.2) is 4.68 Å². The van der Waals surface area contributed by atoms with Gasteiger partial charge in [0.2, 0.25) is 0 Å². The van der Waals surface area contributed by atoms with Crippen molar-refractivity contribution in [3.8, 4) is 5.75 Å². The van der Waals surface area contributed by atoms with Crippen molar-refractivity contribution in [2.24, 2.45) is 0 Å². The van der Waals surface area contributed by atoms with Crippen molar-refractivity contribution in [3.63, 3.8) is 0 Å². The predicted octanol–water partition coefficient (Wildman–Crippen LogP) is 2.50. The molecule has 0 aliphatic rings. The van der Waals surface area contributed by atoms with Gasteiger partial charge in [-0.2, -0.15) is 0 Å². The molecule has 1 heterocycles. The monoisotopic (exact) mass is 309 g/mol. The van der Waals surface area contributed by atoms with Gasteiger partial charge in [0.1, 0.15) is 5.75 Å². The Balaban J connectivity index is 1.57. The van der Waals surface area contributed by atoms with Crippen molar-refractivity contribution in [2.45, 2.75) is 25.5 Å². The maximum absolute atomic E-state index is 10.2. The van der Waals surface area contributed by atoms with Crippen LogP contribution in [-0.2, 0) is 19.4 Å². The molecule has 0 amide bonds. The summed E-state index contributed by atoms with van der Waals surface area (Å²) in [5.41, 5.74) is 2.92. The van der Waals surface area contributed by atoms with Crippen LogP contribution in [0.25, 0.3) is 0 Å². The fourth-order valence-corrected chi connectivity index (χ4v) is 2.44. The first kappa shape index (κ1) is 15.2. The molecule has 3 aromatic rings. The van der Waals surface area contributed by atoms with E-state index >= 15 is 0 Å². The smallest absolute Gasteiger partial charge is 0.115 e. The Morgan fingerprint density at radius 2 is 1.70 bits per heavy atom. The van der Waals surface area contributed by atoms with Crippen molar-refractivity contribution < 1.29 is 10.2 Å². The van der Waals surface area contributed by atoms with Crippen LogP contribution in [-0.4, -0.2) is 25.2 Å². The lowest BCUT2D eigenvalue weighted by atomic mass is 10.1. The number of hydrogen-bond acceptors (Lipinski definition) is 4. The van der Waals surface area contributed by atoms with E-state index < -0.39 is 6.10 Å². The summed E-state index contributed by atoms with van der Waals surface area (Å²) in [5, 5.41) is 27.7. The van der Waals surface area contributed by atoms with Gasteiger partial charge in [0.05, 0.1) is 18.3 Å². The Kier molecular flexibility index (Phi) is 4.68. The standard InChI is InChI=1S/C18H19N3O2/c22-17-10-7-15(8-11-17)18(23)13-21-12-16(19-20-21)9-6-14-4-2-1-3-5-14/h1-5,7-8,10-12,18,22-23H,6,9,13H2/t18-/m0/s1. The lowest BCUT2D eigenvalue weighted by molar-refractivity contribution is 0.150. The fourth-order valence-electron chi connectivity index (χ4n) is 2.44. The van der Waals surface area contributed by atoms with E-state index in [9.17, 15) is 10.2 Å². The van der Waals surface area contributed by atoms with Gasteiger partial charge < -0.3 is 10.2 Å². The second-order valence-electron chi connectivity index (χ2n) is 5.52. The molecule has 5 nitrogen and oxygen atoms in total. The maximum atomic E-state index is 10.2. The molecule has 1 aromatic heterocycles. The summed E-state index contributed by atoms with van der Waals surface area (Å²) >= 11 is 0. The first-order valence-corrected chi connectivity index (χ1v) is 7.60. The Morgan fingerprint density at radius 3 is 2.43 bits per heavy atom. The second kappa shape index (κ2) is 7.07. The quantitative estimate of drug-likeness (QED) is 0.734. The van der Waals surface area contributed by atoms with Crippen LogP contribution in [0.15, 0.2) is 60.8 Å². The molecular weight excluding hydrogens is 290 g/mol. The fraction of sp³-hybridized carbons (Fsp3) is 0.222. The second-order valence-corrected chi connectivity index (χ2v) is 5.52. The number of aliphatic hydroxyl groups excluding tert-OH is 1. The number of aryl methyl sites for hydroxylation is 2. The number of phenols is 1. The predicted molar refractivity (Wildman–Crippen MR) is 86.9 cm³/mol. The summed E-state index contributed by atoms with van der Waals surface area (Å²) in [6, 6.07) is 16.8. The molecule has 0 radical (unpaired) electrons. The van der Waals surface area contributed by atoms with Crippen molar-refractivity contribution in [3.05, 3.63) is 77.6 Å². The molecule has 0 saturated carbocycles.